The van der Waals surface area contributed by atoms with Crippen LogP contribution in [0.5, 0.6) is 5.75 Å². The predicted octanol–water partition coefficient (Wildman–Crippen LogP) is 3.38. The Hall–Kier alpha value is -1.51. The fourth-order valence-corrected chi connectivity index (χ4v) is 1.87. The molecule has 1 aromatic rings. The summed E-state index contributed by atoms with van der Waals surface area (Å²) in [5, 5.41) is 2.91. The van der Waals surface area contributed by atoms with Gasteiger partial charge in [-0.05, 0) is 38.3 Å². The molecule has 0 bridgehead atoms. The maximum atomic E-state index is 11.5. The second-order valence-corrected chi connectivity index (χ2v) is 4.92. The average molecular weight is 263 g/mol. The van der Waals surface area contributed by atoms with Gasteiger partial charge < -0.3 is 10.1 Å². The van der Waals surface area contributed by atoms with Crippen molar-refractivity contribution < 1.29 is 9.53 Å². The molecule has 0 fully saturated rings. The fourth-order valence-electron chi connectivity index (χ4n) is 1.87. The Morgan fingerprint density at radius 3 is 2.74 bits per heavy atom. The van der Waals surface area contributed by atoms with Gasteiger partial charge in [0.15, 0.2) is 0 Å². The molecule has 0 aliphatic carbocycles. The van der Waals surface area contributed by atoms with E-state index in [4.69, 9.17) is 4.74 Å². The van der Waals surface area contributed by atoms with Crippen LogP contribution in [-0.2, 0) is 4.79 Å². The van der Waals surface area contributed by atoms with Gasteiger partial charge in [0.05, 0.1) is 6.61 Å². The van der Waals surface area contributed by atoms with E-state index >= 15 is 0 Å². The molecule has 19 heavy (non-hydrogen) atoms. The highest BCUT2D eigenvalue weighted by molar-refractivity contribution is 5.75. The van der Waals surface area contributed by atoms with Crippen molar-refractivity contribution in [3.05, 3.63) is 29.3 Å². The number of carbonyl (C=O) groups excluding carboxylic acids is 1. The van der Waals surface area contributed by atoms with E-state index in [-0.39, 0.29) is 5.91 Å². The minimum Gasteiger partial charge on any atom is -0.493 e. The molecule has 1 N–H and O–H groups in total. The molecule has 0 radical (unpaired) electrons. The third-order valence-electron chi connectivity index (χ3n) is 2.99. The number of aryl methyl sites for hydroxylation is 2. The first-order chi connectivity index (χ1) is 9.13. The maximum Gasteiger partial charge on any atom is 0.220 e. The molecule has 0 unspecified atom stereocenters. The third-order valence-corrected chi connectivity index (χ3v) is 2.99. The molecule has 1 rings (SSSR count). The molecule has 0 saturated heterocycles. The number of hydrogen-bond acceptors (Lipinski definition) is 2. The first kappa shape index (κ1) is 15.5. The van der Waals surface area contributed by atoms with E-state index in [0.717, 1.165) is 37.1 Å². The van der Waals surface area contributed by atoms with Crippen LogP contribution in [-0.4, -0.2) is 19.1 Å². The Morgan fingerprint density at radius 2 is 2.05 bits per heavy atom. The lowest BCUT2D eigenvalue weighted by atomic mass is 10.1. The summed E-state index contributed by atoms with van der Waals surface area (Å²) in [6, 6.07) is 6.14. The zero-order chi connectivity index (χ0) is 14.1. The summed E-state index contributed by atoms with van der Waals surface area (Å²) >= 11 is 0. The molecule has 0 atom stereocenters. The molecular formula is C16H25NO2. The molecular weight excluding hydrogens is 238 g/mol. The lowest BCUT2D eigenvalue weighted by Crippen LogP contribution is -2.24. The molecule has 0 saturated carbocycles. The van der Waals surface area contributed by atoms with Crippen LogP contribution >= 0.6 is 0 Å². The molecule has 0 aliphatic rings. The largest absolute Gasteiger partial charge is 0.493 e. The van der Waals surface area contributed by atoms with Crippen molar-refractivity contribution >= 4 is 5.91 Å². The van der Waals surface area contributed by atoms with Gasteiger partial charge in [-0.2, -0.15) is 0 Å². The van der Waals surface area contributed by atoms with E-state index in [1.54, 1.807) is 0 Å². The van der Waals surface area contributed by atoms with Crippen LogP contribution in [0.2, 0.25) is 0 Å². The van der Waals surface area contributed by atoms with E-state index in [2.05, 4.69) is 25.2 Å². The van der Waals surface area contributed by atoms with Gasteiger partial charge >= 0.3 is 0 Å². The van der Waals surface area contributed by atoms with Gasteiger partial charge in [-0.1, -0.05) is 31.0 Å². The number of nitrogens with one attached hydrogen (secondary N) is 1. The number of unbranched alkanes of at least 4 members (excludes halogenated alkanes) is 1. The molecule has 1 aromatic carbocycles. The zero-order valence-corrected chi connectivity index (χ0v) is 12.3. The van der Waals surface area contributed by atoms with Gasteiger partial charge in [-0.15, -0.1) is 0 Å². The lowest BCUT2D eigenvalue weighted by Gasteiger charge is -2.09. The molecule has 3 heteroatoms. The fraction of sp³-hybridized carbons (Fsp3) is 0.562. The second kappa shape index (κ2) is 8.57. The molecule has 1 amide bonds. The maximum absolute atomic E-state index is 11.5. The van der Waals surface area contributed by atoms with Crippen molar-refractivity contribution in [3.63, 3.8) is 0 Å². The number of hydrogen-bond donors (Lipinski definition) is 1. The van der Waals surface area contributed by atoms with Gasteiger partial charge in [0.25, 0.3) is 0 Å². The third kappa shape index (κ3) is 6.27. The Labute approximate surface area is 116 Å². The van der Waals surface area contributed by atoms with Crippen LogP contribution in [0.3, 0.4) is 0 Å². The molecule has 0 heterocycles. The van der Waals surface area contributed by atoms with Crippen molar-refractivity contribution in [2.45, 2.75) is 46.5 Å². The lowest BCUT2D eigenvalue weighted by molar-refractivity contribution is -0.121. The topological polar surface area (TPSA) is 38.3 Å². The summed E-state index contributed by atoms with van der Waals surface area (Å²) in [5.74, 6) is 1.04. The number of carbonyl (C=O) groups is 1. The number of ether oxygens (including phenoxy) is 1. The number of benzene rings is 1. The SMILES string of the molecule is CCCCNC(=O)CCCOc1ccc(C)cc1C. The highest BCUT2D eigenvalue weighted by Crippen LogP contribution is 2.18. The van der Waals surface area contributed by atoms with E-state index in [1.165, 1.54) is 5.56 Å². The monoisotopic (exact) mass is 263 g/mol. The van der Waals surface area contributed by atoms with Crippen LogP contribution in [0.15, 0.2) is 18.2 Å². The van der Waals surface area contributed by atoms with E-state index < -0.39 is 0 Å². The van der Waals surface area contributed by atoms with Crippen molar-refractivity contribution in [1.29, 1.82) is 0 Å². The Kier molecular flexibility index (Phi) is 7.01. The summed E-state index contributed by atoms with van der Waals surface area (Å²) in [5.41, 5.74) is 2.38. The first-order valence-electron chi connectivity index (χ1n) is 7.10. The summed E-state index contributed by atoms with van der Waals surface area (Å²) in [6.07, 6.45) is 3.45. The van der Waals surface area contributed by atoms with Gasteiger partial charge in [-0.25, -0.2) is 0 Å². The van der Waals surface area contributed by atoms with Crippen LogP contribution in [0.4, 0.5) is 0 Å². The second-order valence-electron chi connectivity index (χ2n) is 4.92. The zero-order valence-electron chi connectivity index (χ0n) is 12.3. The van der Waals surface area contributed by atoms with Crippen molar-refractivity contribution in [1.82, 2.24) is 5.32 Å². The number of amides is 1. The smallest absolute Gasteiger partial charge is 0.220 e. The highest BCUT2D eigenvalue weighted by atomic mass is 16.5. The average Bonchev–Trinajstić information content (AvgIpc) is 2.37. The van der Waals surface area contributed by atoms with Crippen molar-refractivity contribution in [2.24, 2.45) is 0 Å². The van der Waals surface area contributed by atoms with Gasteiger partial charge in [0, 0.05) is 13.0 Å². The minimum absolute atomic E-state index is 0.123. The Balaban J connectivity index is 2.18. The van der Waals surface area contributed by atoms with Gasteiger partial charge in [0.1, 0.15) is 5.75 Å². The quantitative estimate of drug-likeness (QED) is 0.730. The van der Waals surface area contributed by atoms with E-state index in [0.29, 0.717) is 13.0 Å². The molecule has 0 aliphatic heterocycles. The normalized spacial score (nSPS) is 10.3. The van der Waals surface area contributed by atoms with Crippen LogP contribution in [0.25, 0.3) is 0 Å². The number of rotatable bonds is 8. The van der Waals surface area contributed by atoms with E-state index in [9.17, 15) is 4.79 Å². The Bertz CT molecular complexity index is 402. The first-order valence-corrected chi connectivity index (χ1v) is 7.10. The van der Waals surface area contributed by atoms with Crippen LogP contribution < -0.4 is 10.1 Å². The molecule has 3 nitrogen and oxygen atoms in total. The molecule has 0 spiro atoms. The van der Waals surface area contributed by atoms with Crippen LogP contribution in [0, 0.1) is 13.8 Å². The predicted molar refractivity (Wildman–Crippen MR) is 78.6 cm³/mol. The Morgan fingerprint density at radius 1 is 1.26 bits per heavy atom. The summed E-state index contributed by atoms with van der Waals surface area (Å²) in [4.78, 5) is 11.5. The van der Waals surface area contributed by atoms with Gasteiger partial charge in [-0.3, -0.25) is 4.79 Å². The van der Waals surface area contributed by atoms with Crippen molar-refractivity contribution in [3.8, 4) is 5.75 Å². The highest BCUT2D eigenvalue weighted by Gasteiger charge is 2.02. The van der Waals surface area contributed by atoms with Crippen molar-refractivity contribution in [2.75, 3.05) is 13.2 Å². The van der Waals surface area contributed by atoms with Gasteiger partial charge in [0.2, 0.25) is 5.91 Å². The molecule has 0 aromatic heterocycles. The standard InChI is InChI=1S/C16H25NO2/c1-4-5-10-17-16(18)7-6-11-19-15-9-8-13(2)12-14(15)3/h8-9,12H,4-7,10-11H2,1-3H3,(H,17,18). The van der Waals surface area contributed by atoms with E-state index in [1.807, 2.05) is 19.1 Å². The molecule has 106 valence electrons. The summed E-state index contributed by atoms with van der Waals surface area (Å²) in [6.45, 7) is 7.60. The summed E-state index contributed by atoms with van der Waals surface area (Å²) < 4.78 is 5.69. The minimum atomic E-state index is 0.123. The summed E-state index contributed by atoms with van der Waals surface area (Å²) in [7, 11) is 0. The van der Waals surface area contributed by atoms with Crippen LogP contribution in [0.1, 0.15) is 43.7 Å².